The summed E-state index contributed by atoms with van der Waals surface area (Å²) in [6, 6.07) is 6.01. The molecule has 1 saturated heterocycles. The van der Waals surface area contributed by atoms with Crippen LogP contribution < -0.4 is 4.74 Å². The largest absolute Gasteiger partial charge is 0.482 e. The molecule has 1 heterocycles. The molecule has 3 amide bonds. The van der Waals surface area contributed by atoms with E-state index < -0.39 is 42.9 Å². The Bertz CT molecular complexity index is 958. The number of nitrogens with zero attached hydrogens (tertiary/aromatic N) is 2. The molecular formula is C23H28N2O9. The van der Waals surface area contributed by atoms with E-state index in [1.54, 1.807) is 45.0 Å². The predicted molar refractivity (Wildman–Crippen MR) is 117 cm³/mol. The highest BCUT2D eigenvalue weighted by atomic mass is 16.6. The normalized spacial score (nSPS) is 14.4. The van der Waals surface area contributed by atoms with Crippen LogP contribution in [0.1, 0.15) is 26.3 Å². The lowest BCUT2D eigenvalue weighted by molar-refractivity contribution is -0.146. The van der Waals surface area contributed by atoms with Gasteiger partial charge in [-0.1, -0.05) is 24.3 Å². The first-order chi connectivity index (χ1) is 16.3. The van der Waals surface area contributed by atoms with Gasteiger partial charge in [0.15, 0.2) is 6.61 Å². The first-order valence-electron chi connectivity index (χ1n) is 10.8. The van der Waals surface area contributed by atoms with E-state index in [1.165, 1.54) is 6.08 Å². The van der Waals surface area contributed by atoms with E-state index in [4.69, 9.17) is 18.9 Å². The fourth-order valence-corrected chi connectivity index (χ4v) is 3.11. The Hall–Kier alpha value is -3.89. The van der Waals surface area contributed by atoms with Gasteiger partial charge in [0, 0.05) is 0 Å². The zero-order valence-electron chi connectivity index (χ0n) is 19.4. The first kappa shape index (κ1) is 26.4. The second-order valence-corrected chi connectivity index (χ2v) is 6.86. The number of hydrogen-bond acceptors (Lipinski definition) is 9. The Morgan fingerprint density at radius 3 is 2.00 bits per heavy atom. The van der Waals surface area contributed by atoms with Crippen LogP contribution >= 0.6 is 0 Å². The van der Waals surface area contributed by atoms with Crippen molar-refractivity contribution in [1.82, 2.24) is 9.80 Å². The lowest BCUT2D eigenvalue weighted by atomic mass is 10.1. The average molecular weight is 476 g/mol. The second-order valence-electron chi connectivity index (χ2n) is 6.86. The summed E-state index contributed by atoms with van der Waals surface area (Å²) in [6.45, 7) is 3.96. The number of amides is 3. The van der Waals surface area contributed by atoms with Crippen LogP contribution in [0.25, 0.3) is 0 Å². The van der Waals surface area contributed by atoms with Crippen molar-refractivity contribution in [2.75, 3.05) is 39.5 Å². The Morgan fingerprint density at radius 2 is 1.38 bits per heavy atom. The van der Waals surface area contributed by atoms with E-state index >= 15 is 0 Å². The molecule has 0 spiro atoms. The Labute approximate surface area is 197 Å². The molecule has 1 aromatic rings. The van der Waals surface area contributed by atoms with E-state index in [0.29, 0.717) is 16.2 Å². The molecule has 1 aliphatic rings. The molecule has 11 nitrogen and oxygen atoms in total. The van der Waals surface area contributed by atoms with Crippen LogP contribution in [-0.2, 0) is 39.8 Å². The molecule has 2 rings (SSSR count). The summed E-state index contributed by atoms with van der Waals surface area (Å²) in [4.78, 5) is 62.9. The SMILES string of the molecule is CCOC(=O)COc1ccccc1CC=C1C(=O)N(CC(=O)OCC)C(=O)N1CC(=O)OCC. The highest BCUT2D eigenvalue weighted by Gasteiger charge is 2.43. The third-order valence-corrected chi connectivity index (χ3v) is 4.54. The molecule has 11 heteroatoms. The van der Waals surface area contributed by atoms with Crippen molar-refractivity contribution < 1.29 is 42.9 Å². The number of carbonyl (C=O) groups excluding carboxylic acids is 5. The van der Waals surface area contributed by atoms with Gasteiger partial charge < -0.3 is 18.9 Å². The van der Waals surface area contributed by atoms with Crippen molar-refractivity contribution in [1.29, 1.82) is 0 Å². The van der Waals surface area contributed by atoms with Crippen molar-refractivity contribution in [3.63, 3.8) is 0 Å². The zero-order chi connectivity index (χ0) is 25.1. The van der Waals surface area contributed by atoms with Crippen molar-refractivity contribution in [2.24, 2.45) is 0 Å². The average Bonchev–Trinajstić information content (AvgIpc) is 3.01. The summed E-state index contributed by atoms with van der Waals surface area (Å²) >= 11 is 0. The summed E-state index contributed by atoms with van der Waals surface area (Å²) in [5, 5.41) is 0. The van der Waals surface area contributed by atoms with Gasteiger partial charge in [-0.15, -0.1) is 0 Å². The van der Waals surface area contributed by atoms with Gasteiger partial charge in [0.1, 0.15) is 24.5 Å². The molecule has 0 radical (unpaired) electrons. The number of rotatable bonds is 12. The highest BCUT2D eigenvalue weighted by molar-refractivity contribution is 6.13. The minimum absolute atomic E-state index is 0.0810. The van der Waals surface area contributed by atoms with E-state index in [2.05, 4.69) is 0 Å². The molecule has 0 saturated carbocycles. The smallest absolute Gasteiger partial charge is 0.344 e. The minimum Gasteiger partial charge on any atom is -0.482 e. The van der Waals surface area contributed by atoms with Crippen molar-refractivity contribution in [3.05, 3.63) is 41.6 Å². The van der Waals surface area contributed by atoms with Crippen molar-refractivity contribution in [3.8, 4) is 5.75 Å². The number of para-hydroxylation sites is 1. The number of allylic oxidation sites excluding steroid dienone is 1. The maximum atomic E-state index is 12.9. The van der Waals surface area contributed by atoms with Gasteiger partial charge in [-0.2, -0.15) is 0 Å². The van der Waals surface area contributed by atoms with E-state index in [1.807, 2.05) is 0 Å². The Balaban J connectivity index is 2.27. The Morgan fingerprint density at radius 1 is 0.824 bits per heavy atom. The summed E-state index contributed by atoms with van der Waals surface area (Å²) in [5.74, 6) is -2.33. The number of carbonyl (C=O) groups is 5. The molecular weight excluding hydrogens is 448 g/mol. The van der Waals surface area contributed by atoms with E-state index in [-0.39, 0.29) is 38.5 Å². The summed E-state index contributed by atoms with van der Waals surface area (Å²) < 4.78 is 20.1. The van der Waals surface area contributed by atoms with Crippen LogP contribution in [0, 0.1) is 0 Å². The predicted octanol–water partition coefficient (Wildman–Crippen LogP) is 1.45. The third kappa shape index (κ3) is 7.06. The van der Waals surface area contributed by atoms with Crippen LogP contribution in [0.4, 0.5) is 4.79 Å². The summed E-state index contributed by atoms with van der Waals surface area (Å²) in [6.07, 6.45) is 1.59. The topological polar surface area (TPSA) is 129 Å². The van der Waals surface area contributed by atoms with Gasteiger partial charge in [0.05, 0.1) is 19.8 Å². The Kier molecular flexibility index (Phi) is 10.1. The number of ether oxygens (including phenoxy) is 4. The lowest BCUT2D eigenvalue weighted by Crippen LogP contribution is -2.39. The van der Waals surface area contributed by atoms with Crippen LogP contribution in [0.5, 0.6) is 5.75 Å². The molecule has 1 fully saturated rings. The molecule has 0 N–H and O–H groups in total. The van der Waals surface area contributed by atoms with Gasteiger partial charge in [0.2, 0.25) is 0 Å². The van der Waals surface area contributed by atoms with Gasteiger partial charge in [-0.3, -0.25) is 19.3 Å². The number of esters is 3. The fraction of sp³-hybridized carbons (Fsp3) is 0.435. The van der Waals surface area contributed by atoms with Crippen LogP contribution in [0.3, 0.4) is 0 Å². The quantitative estimate of drug-likeness (QED) is 0.190. The molecule has 34 heavy (non-hydrogen) atoms. The monoisotopic (exact) mass is 476 g/mol. The molecule has 0 atom stereocenters. The van der Waals surface area contributed by atoms with Gasteiger partial charge in [-0.25, -0.2) is 14.5 Å². The summed E-state index contributed by atoms with van der Waals surface area (Å²) in [5.41, 5.74) is 0.544. The van der Waals surface area contributed by atoms with Gasteiger partial charge in [-0.05, 0) is 38.8 Å². The molecule has 184 valence electrons. The van der Waals surface area contributed by atoms with Crippen LogP contribution in [0.2, 0.25) is 0 Å². The number of hydrogen-bond donors (Lipinski definition) is 0. The standard InChI is InChI=1S/C23H28N2O9/c1-4-31-19(26)13-24-17(22(29)25(23(24)30)14-20(27)32-5-2)12-11-16-9-7-8-10-18(16)34-15-21(28)33-6-3/h7-10,12H,4-6,11,13-15H2,1-3H3. The molecule has 1 aliphatic heterocycles. The maximum Gasteiger partial charge on any atom is 0.344 e. The molecule has 0 aliphatic carbocycles. The number of benzene rings is 1. The molecule has 0 unspecified atom stereocenters. The van der Waals surface area contributed by atoms with Crippen LogP contribution in [-0.4, -0.2) is 79.2 Å². The third-order valence-electron chi connectivity index (χ3n) is 4.54. The zero-order valence-corrected chi connectivity index (χ0v) is 19.4. The minimum atomic E-state index is -0.829. The fourth-order valence-electron chi connectivity index (χ4n) is 3.11. The van der Waals surface area contributed by atoms with Crippen LogP contribution in [0.15, 0.2) is 36.0 Å². The number of imide groups is 1. The van der Waals surface area contributed by atoms with Gasteiger partial charge in [0.25, 0.3) is 5.91 Å². The van der Waals surface area contributed by atoms with Gasteiger partial charge >= 0.3 is 23.9 Å². The number of urea groups is 1. The molecule has 0 aromatic heterocycles. The van der Waals surface area contributed by atoms with E-state index in [9.17, 15) is 24.0 Å². The maximum absolute atomic E-state index is 12.9. The highest BCUT2D eigenvalue weighted by Crippen LogP contribution is 2.24. The molecule has 1 aromatic carbocycles. The second kappa shape index (κ2) is 13.0. The molecule has 0 bridgehead atoms. The van der Waals surface area contributed by atoms with E-state index in [0.717, 1.165) is 4.90 Å². The van der Waals surface area contributed by atoms with Crippen molar-refractivity contribution in [2.45, 2.75) is 27.2 Å². The lowest BCUT2D eigenvalue weighted by Gasteiger charge is -2.16. The van der Waals surface area contributed by atoms with Crippen molar-refractivity contribution >= 4 is 29.8 Å². The summed E-state index contributed by atoms with van der Waals surface area (Å²) in [7, 11) is 0. The first-order valence-corrected chi connectivity index (χ1v) is 10.8.